The van der Waals surface area contributed by atoms with Gasteiger partial charge >= 0.3 is 10.8 Å². The minimum atomic E-state index is -0.787. The van der Waals surface area contributed by atoms with Gasteiger partial charge in [0.15, 0.2) is 0 Å². The number of hydrogen-bond donors (Lipinski definition) is 2. The Hall–Kier alpha value is -1.67. The molecule has 1 aromatic heterocycles. The number of nitrogens with one attached hydrogen (secondary N) is 1. The van der Waals surface area contributed by atoms with Gasteiger partial charge in [0.05, 0.1) is 6.54 Å². The van der Waals surface area contributed by atoms with E-state index in [1.54, 1.807) is 4.57 Å². The van der Waals surface area contributed by atoms with Crippen molar-refractivity contribution < 1.29 is 14.7 Å². The van der Waals surface area contributed by atoms with Crippen LogP contribution in [0.2, 0.25) is 0 Å². The zero-order valence-corrected chi connectivity index (χ0v) is 16.2. The van der Waals surface area contributed by atoms with Crippen molar-refractivity contribution in [3.05, 3.63) is 20.2 Å². The fourth-order valence-corrected chi connectivity index (χ4v) is 4.37. The maximum atomic E-state index is 12.2. The standard InChI is InChI=1S/C18H27N3O4S/c1-11-12(2)26-18(25)21(11)6-5-16(22)19-14-7-15(8-14)20(10-17(23)24)9-13-3-4-13/h13-15H,3-10H2,1-2H3,(H,19,22)(H,23,24). The number of amides is 1. The third-order valence-corrected chi connectivity index (χ3v) is 6.46. The van der Waals surface area contributed by atoms with Crippen molar-refractivity contribution in [2.75, 3.05) is 13.1 Å². The molecule has 0 aliphatic heterocycles. The summed E-state index contributed by atoms with van der Waals surface area (Å²) in [4.78, 5) is 38.1. The van der Waals surface area contributed by atoms with Crippen molar-refractivity contribution in [2.24, 2.45) is 5.92 Å². The number of hydrogen-bond acceptors (Lipinski definition) is 5. The van der Waals surface area contributed by atoms with E-state index in [0.717, 1.165) is 30.0 Å². The molecule has 2 N–H and O–H groups in total. The molecular formula is C18H27N3O4S. The summed E-state index contributed by atoms with van der Waals surface area (Å²) < 4.78 is 1.66. The molecule has 2 saturated carbocycles. The second-order valence-corrected chi connectivity index (χ2v) is 8.73. The molecule has 0 saturated heterocycles. The van der Waals surface area contributed by atoms with Gasteiger partial charge in [0.1, 0.15) is 0 Å². The van der Waals surface area contributed by atoms with E-state index in [1.807, 2.05) is 13.8 Å². The van der Waals surface area contributed by atoms with Gasteiger partial charge in [-0.2, -0.15) is 0 Å². The number of aliphatic carboxylic acids is 1. The lowest BCUT2D eigenvalue weighted by Crippen LogP contribution is -2.55. The van der Waals surface area contributed by atoms with Crippen molar-refractivity contribution in [3.63, 3.8) is 0 Å². The van der Waals surface area contributed by atoms with Crippen LogP contribution in [0.4, 0.5) is 0 Å². The predicted octanol–water partition coefficient (Wildman–Crippen LogP) is 1.36. The van der Waals surface area contributed by atoms with Crippen LogP contribution in [0.3, 0.4) is 0 Å². The molecule has 0 atom stereocenters. The van der Waals surface area contributed by atoms with Crippen molar-refractivity contribution >= 4 is 23.2 Å². The van der Waals surface area contributed by atoms with Gasteiger partial charge in [-0.05, 0) is 45.4 Å². The first-order chi connectivity index (χ1) is 12.3. The number of nitrogens with zero attached hydrogens (tertiary/aromatic N) is 2. The van der Waals surface area contributed by atoms with E-state index in [0.29, 0.717) is 18.9 Å². The molecule has 1 amide bonds. The molecule has 26 heavy (non-hydrogen) atoms. The highest BCUT2D eigenvalue weighted by Crippen LogP contribution is 2.33. The second-order valence-electron chi connectivity index (χ2n) is 7.57. The minimum Gasteiger partial charge on any atom is -0.480 e. The van der Waals surface area contributed by atoms with Gasteiger partial charge in [-0.15, -0.1) is 0 Å². The van der Waals surface area contributed by atoms with E-state index in [2.05, 4.69) is 10.2 Å². The van der Waals surface area contributed by atoms with Crippen LogP contribution < -0.4 is 10.2 Å². The van der Waals surface area contributed by atoms with Gasteiger partial charge in [-0.1, -0.05) is 11.3 Å². The van der Waals surface area contributed by atoms with Gasteiger partial charge in [-0.25, -0.2) is 0 Å². The molecular weight excluding hydrogens is 354 g/mol. The first-order valence-electron chi connectivity index (χ1n) is 9.25. The Bertz CT molecular complexity index is 731. The third-order valence-electron chi connectivity index (χ3n) is 5.46. The Morgan fingerprint density at radius 2 is 2.00 bits per heavy atom. The van der Waals surface area contributed by atoms with Gasteiger partial charge in [0.25, 0.3) is 0 Å². The second kappa shape index (κ2) is 7.92. The molecule has 0 unspecified atom stereocenters. The summed E-state index contributed by atoms with van der Waals surface area (Å²) in [6.07, 6.45) is 4.30. The summed E-state index contributed by atoms with van der Waals surface area (Å²) >= 11 is 1.22. The Balaban J connectivity index is 1.42. The molecule has 7 nitrogen and oxygen atoms in total. The average molecular weight is 381 g/mol. The quantitative estimate of drug-likeness (QED) is 0.674. The van der Waals surface area contributed by atoms with Crippen LogP contribution in [-0.2, 0) is 16.1 Å². The molecule has 1 heterocycles. The molecule has 2 aliphatic carbocycles. The van der Waals surface area contributed by atoms with Crippen LogP contribution in [0.15, 0.2) is 4.79 Å². The zero-order chi connectivity index (χ0) is 18.8. The van der Waals surface area contributed by atoms with Crippen molar-refractivity contribution in [1.29, 1.82) is 0 Å². The molecule has 0 bridgehead atoms. The van der Waals surface area contributed by atoms with E-state index in [-0.39, 0.29) is 29.4 Å². The lowest BCUT2D eigenvalue weighted by Gasteiger charge is -2.42. The predicted molar refractivity (Wildman–Crippen MR) is 99.6 cm³/mol. The van der Waals surface area contributed by atoms with Crippen LogP contribution in [0.1, 0.15) is 42.7 Å². The minimum absolute atomic E-state index is 0.0131. The van der Waals surface area contributed by atoms with E-state index in [4.69, 9.17) is 5.11 Å². The maximum Gasteiger partial charge on any atom is 0.317 e. The van der Waals surface area contributed by atoms with Crippen LogP contribution >= 0.6 is 11.3 Å². The van der Waals surface area contributed by atoms with Gasteiger partial charge in [0.2, 0.25) is 5.91 Å². The summed E-state index contributed by atoms with van der Waals surface area (Å²) in [5, 5.41) is 12.1. The fraction of sp³-hybridized carbons (Fsp3) is 0.722. The summed E-state index contributed by atoms with van der Waals surface area (Å²) in [6, 6.07) is 0.367. The van der Waals surface area contributed by atoms with Crippen molar-refractivity contribution in [1.82, 2.24) is 14.8 Å². The van der Waals surface area contributed by atoms with E-state index in [1.165, 1.54) is 24.2 Å². The number of rotatable bonds is 9. The number of carboxylic acid groups (broad SMARTS) is 1. The highest BCUT2D eigenvalue weighted by atomic mass is 32.1. The Kier molecular flexibility index (Phi) is 5.82. The average Bonchev–Trinajstić information content (AvgIpc) is 3.29. The molecule has 0 radical (unpaired) electrons. The molecule has 1 aromatic rings. The molecule has 0 aromatic carbocycles. The molecule has 2 aliphatic rings. The van der Waals surface area contributed by atoms with Crippen LogP contribution in [-0.4, -0.2) is 51.6 Å². The number of aryl methyl sites for hydroxylation is 1. The Labute approximate surface area is 157 Å². The fourth-order valence-electron chi connectivity index (χ4n) is 3.51. The van der Waals surface area contributed by atoms with Crippen molar-refractivity contribution in [2.45, 2.75) is 64.6 Å². The monoisotopic (exact) mass is 381 g/mol. The summed E-state index contributed by atoms with van der Waals surface area (Å²) in [5.41, 5.74) is 0.931. The van der Waals surface area contributed by atoms with Crippen LogP contribution in [0.5, 0.6) is 0 Å². The molecule has 144 valence electrons. The number of aromatic nitrogens is 1. The van der Waals surface area contributed by atoms with Gasteiger partial charge < -0.3 is 15.0 Å². The first-order valence-corrected chi connectivity index (χ1v) is 10.1. The van der Waals surface area contributed by atoms with E-state index in [9.17, 15) is 14.4 Å². The zero-order valence-electron chi connectivity index (χ0n) is 15.4. The highest BCUT2D eigenvalue weighted by molar-refractivity contribution is 7.09. The number of carbonyl (C=O) groups excluding carboxylic acids is 1. The lowest BCUT2D eigenvalue weighted by molar-refractivity contribution is -0.140. The molecule has 8 heteroatoms. The molecule has 3 rings (SSSR count). The number of carbonyl (C=O) groups is 2. The largest absolute Gasteiger partial charge is 0.480 e. The summed E-state index contributed by atoms with van der Waals surface area (Å²) in [7, 11) is 0. The topological polar surface area (TPSA) is 91.6 Å². The normalized spacial score (nSPS) is 22.3. The Morgan fingerprint density at radius 3 is 2.54 bits per heavy atom. The highest BCUT2D eigenvalue weighted by Gasteiger charge is 2.37. The van der Waals surface area contributed by atoms with E-state index < -0.39 is 5.97 Å². The van der Waals surface area contributed by atoms with Crippen LogP contribution in [0.25, 0.3) is 0 Å². The SMILES string of the molecule is Cc1sc(=O)n(CCC(=O)NC2CC(N(CC(=O)O)CC3CC3)C2)c1C. The van der Waals surface area contributed by atoms with E-state index >= 15 is 0 Å². The first kappa shape index (κ1) is 19.1. The molecule has 2 fully saturated rings. The molecule has 0 spiro atoms. The maximum absolute atomic E-state index is 12.2. The van der Waals surface area contributed by atoms with Gasteiger partial charge in [0, 0.05) is 42.2 Å². The van der Waals surface area contributed by atoms with Gasteiger partial charge in [-0.3, -0.25) is 19.3 Å². The number of thiazole rings is 1. The van der Waals surface area contributed by atoms with Crippen molar-refractivity contribution in [3.8, 4) is 0 Å². The Morgan fingerprint density at radius 1 is 1.31 bits per heavy atom. The smallest absolute Gasteiger partial charge is 0.317 e. The third kappa shape index (κ3) is 4.73. The van der Waals surface area contributed by atoms with Crippen LogP contribution in [0, 0.1) is 19.8 Å². The lowest BCUT2D eigenvalue weighted by atomic mass is 9.85. The summed E-state index contributed by atoms with van der Waals surface area (Å²) in [5.74, 6) is -0.181. The summed E-state index contributed by atoms with van der Waals surface area (Å²) in [6.45, 7) is 5.16. The number of carboxylic acids is 1.